The molecule has 2 heterocycles. The molecule has 3 heteroatoms. The van der Waals surface area contributed by atoms with Gasteiger partial charge in [0.15, 0.2) is 0 Å². The molecule has 1 saturated heterocycles. The fourth-order valence-electron chi connectivity index (χ4n) is 3.05. The highest BCUT2D eigenvalue weighted by atomic mass is 16.2. The molecule has 3 nitrogen and oxygen atoms in total. The number of piperidine rings is 1. The number of amides is 1. The topological polar surface area (TPSA) is 33.2 Å². The van der Waals surface area contributed by atoms with E-state index in [1.165, 1.54) is 6.42 Å². The maximum Gasteiger partial charge on any atom is 0.255 e. The summed E-state index contributed by atoms with van der Waals surface area (Å²) in [5, 5.41) is 1.03. The highest BCUT2D eigenvalue weighted by Crippen LogP contribution is 2.22. The van der Waals surface area contributed by atoms with Crippen LogP contribution < -0.4 is 0 Å². The van der Waals surface area contributed by atoms with E-state index in [4.69, 9.17) is 0 Å². The maximum atomic E-state index is 12.7. The Hall–Kier alpha value is -1.90. The van der Waals surface area contributed by atoms with Crippen molar-refractivity contribution in [2.75, 3.05) is 6.54 Å². The van der Waals surface area contributed by atoms with Crippen LogP contribution >= 0.6 is 0 Å². The second-order valence-electron chi connectivity index (χ2n) is 5.47. The first-order chi connectivity index (χ1) is 9.79. The third kappa shape index (κ3) is 2.40. The van der Waals surface area contributed by atoms with Gasteiger partial charge in [-0.1, -0.05) is 25.1 Å². The number of pyridine rings is 1. The molecule has 0 spiro atoms. The van der Waals surface area contributed by atoms with Crippen molar-refractivity contribution >= 4 is 16.8 Å². The van der Waals surface area contributed by atoms with Crippen molar-refractivity contribution in [2.24, 2.45) is 0 Å². The number of benzene rings is 1. The Kier molecular flexibility index (Phi) is 3.68. The van der Waals surface area contributed by atoms with Crippen LogP contribution in [-0.2, 0) is 0 Å². The summed E-state index contributed by atoms with van der Waals surface area (Å²) in [5.74, 6) is 0.134. The number of nitrogens with zero attached hydrogens (tertiary/aromatic N) is 2. The maximum absolute atomic E-state index is 12.7. The van der Waals surface area contributed by atoms with E-state index in [2.05, 4.69) is 11.9 Å². The Morgan fingerprint density at radius 2 is 2.20 bits per heavy atom. The molecule has 1 aliphatic heterocycles. The van der Waals surface area contributed by atoms with E-state index in [-0.39, 0.29) is 5.91 Å². The summed E-state index contributed by atoms with van der Waals surface area (Å²) in [4.78, 5) is 19.1. The second-order valence-corrected chi connectivity index (χ2v) is 5.47. The van der Waals surface area contributed by atoms with Gasteiger partial charge in [-0.15, -0.1) is 0 Å². The summed E-state index contributed by atoms with van der Waals surface area (Å²) in [7, 11) is 0. The molecule has 1 atom stereocenters. The van der Waals surface area contributed by atoms with Crippen molar-refractivity contribution in [3.63, 3.8) is 0 Å². The molecule has 2 aromatic rings. The van der Waals surface area contributed by atoms with E-state index in [0.29, 0.717) is 11.6 Å². The van der Waals surface area contributed by atoms with Gasteiger partial charge in [-0.05, 0) is 37.8 Å². The molecule has 1 fully saturated rings. The normalized spacial score (nSPS) is 19.2. The summed E-state index contributed by atoms with van der Waals surface area (Å²) in [6, 6.07) is 10.3. The summed E-state index contributed by atoms with van der Waals surface area (Å²) in [5.41, 5.74) is 1.65. The van der Waals surface area contributed by atoms with Gasteiger partial charge in [0.05, 0.1) is 11.1 Å². The van der Waals surface area contributed by atoms with Crippen LogP contribution in [0.3, 0.4) is 0 Å². The zero-order chi connectivity index (χ0) is 13.9. The third-order valence-electron chi connectivity index (χ3n) is 4.20. The first kappa shape index (κ1) is 13.1. The molecule has 0 aliphatic carbocycles. The Bertz CT molecular complexity index is 623. The Labute approximate surface area is 119 Å². The largest absolute Gasteiger partial charge is 0.336 e. The number of rotatable bonds is 2. The average molecular weight is 268 g/mol. The number of hydrogen-bond donors (Lipinski definition) is 0. The third-order valence-corrected chi connectivity index (χ3v) is 4.20. The van der Waals surface area contributed by atoms with Crippen molar-refractivity contribution in [1.29, 1.82) is 0 Å². The smallest absolute Gasteiger partial charge is 0.255 e. The van der Waals surface area contributed by atoms with E-state index >= 15 is 0 Å². The number of aromatic nitrogens is 1. The molecule has 1 aromatic carbocycles. The van der Waals surface area contributed by atoms with Crippen LogP contribution in [0.25, 0.3) is 10.9 Å². The van der Waals surface area contributed by atoms with E-state index in [0.717, 1.165) is 36.7 Å². The fraction of sp³-hybridized carbons (Fsp3) is 0.412. The quantitative estimate of drug-likeness (QED) is 0.833. The molecule has 0 N–H and O–H groups in total. The summed E-state index contributed by atoms with van der Waals surface area (Å²) in [6.07, 6.45) is 6.23. The Balaban J connectivity index is 1.91. The first-order valence-electron chi connectivity index (χ1n) is 7.45. The van der Waals surface area contributed by atoms with Gasteiger partial charge in [0.25, 0.3) is 5.91 Å². The Morgan fingerprint density at radius 3 is 3.05 bits per heavy atom. The van der Waals surface area contributed by atoms with Crippen LogP contribution in [0.5, 0.6) is 0 Å². The number of likely N-dealkylation sites (tertiary alicyclic amines) is 1. The molecular weight excluding hydrogens is 248 g/mol. The first-order valence-corrected chi connectivity index (χ1v) is 7.45. The summed E-state index contributed by atoms with van der Waals surface area (Å²) in [6.45, 7) is 3.04. The molecule has 0 bridgehead atoms. The minimum atomic E-state index is 0.134. The minimum Gasteiger partial charge on any atom is -0.336 e. The van der Waals surface area contributed by atoms with E-state index in [1.807, 2.05) is 35.2 Å². The summed E-state index contributed by atoms with van der Waals surface area (Å²) >= 11 is 0. The molecule has 1 unspecified atom stereocenters. The fourth-order valence-corrected chi connectivity index (χ4v) is 3.05. The molecule has 104 valence electrons. The predicted molar refractivity (Wildman–Crippen MR) is 80.7 cm³/mol. The number of para-hydroxylation sites is 1. The lowest BCUT2D eigenvalue weighted by Crippen LogP contribution is -2.43. The highest BCUT2D eigenvalue weighted by Gasteiger charge is 2.26. The van der Waals surface area contributed by atoms with Gasteiger partial charge in [-0.3, -0.25) is 9.78 Å². The highest BCUT2D eigenvalue weighted by molar-refractivity contribution is 5.97. The summed E-state index contributed by atoms with van der Waals surface area (Å²) < 4.78 is 0. The molecule has 0 saturated carbocycles. The van der Waals surface area contributed by atoms with Gasteiger partial charge in [0.2, 0.25) is 0 Å². The number of carbonyl (C=O) groups is 1. The van der Waals surface area contributed by atoms with E-state index < -0.39 is 0 Å². The molecule has 1 aromatic heterocycles. The molecule has 20 heavy (non-hydrogen) atoms. The lowest BCUT2D eigenvalue weighted by Gasteiger charge is -2.35. The SMILES string of the molecule is CCC1CCCCN1C(=O)c1cnc2ccccc2c1. The second kappa shape index (κ2) is 5.61. The molecular formula is C17H20N2O. The number of fused-ring (bicyclic) bond motifs is 1. The van der Waals surface area contributed by atoms with Crippen LogP contribution in [0.15, 0.2) is 36.5 Å². The van der Waals surface area contributed by atoms with Gasteiger partial charge in [-0.2, -0.15) is 0 Å². The van der Waals surface area contributed by atoms with Crippen LogP contribution in [0, 0.1) is 0 Å². The van der Waals surface area contributed by atoms with Crippen molar-refractivity contribution in [3.8, 4) is 0 Å². The zero-order valence-electron chi connectivity index (χ0n) is 11.9. The van der Waals surface area contributed by atoms with E-state index in [1.54, 1.807) is 6.20 Å². The van der Waals surface area contributed by atoms with Crippen LogP contribution in [-0.4, -0.2) is 28.4 Å². The standard InChI is InChI=1S/C17H20N2O/c1-2-15-8-5-6-10-19(15)17(20)14-11-13-7-3-4-9-16(13)18-12-14/h3-4,7,9,11-12,15H,2,5-6,8,10H2,1H3. The van der Waals surface area contributed by atoms with Crippen molar-refractivity contribution in [3.05, 3.63) is 42.1 Å². The number of carbonyl (C=O) groups excluding carboxylic acids is 1. The van der Waals surface area contributed by atoms with E-state index in [9.17, 15) is 4.79 Å². The molecule has 1 aliphatic rings. The lowest BCUT2D eigenvalue weighted by molar-refractivity contribution is 0.0608. The molecule has 1 amide bonds. The minimum absolute atomic E-state index is 0.134. The molecule has 3 rings (SSSR count). The van der Waals surface area contributed by atoms with Gasteiger partial charge in [-0.25, -0.2) is 0 Å². The van der Waals surface area contributed by atoms with Crippen LogP contribution in [0.4, 0.5) is 0 Å². The number of hydrogen-bond acceptors (Lipinski definition) is 2. The van der Waals surface area contributed by atoms with Gasteiger partial charge in [0, 0.05) is 24.2 Å². The van der Waals surface area contributed by atoms with Crippen LogP contribution in [0.2, 0.25) is 0 Å². The average Bonchev–Trinajstić information content (AvgIpc) is 2.53. The lowest BCUT2D eigenvalue weighted by atomic mass is 9.99. The van der Waals surface area contributed by atoms with Gasteiger partial charge >= 0.3 is 0 Å². The van der Waals surface area contributed by atoms with Gasteiger partial charge < -0.3 is 4.90 Å². The predicted octanol–water partition coefficient (Wildman–Crippen LogP) is 3.64. The van der Waals surface area contributed by atoms with Crippen molar-refractivity contribution in [1.82, 2.24) is 9.88 Å². The van der Waals surface area contributed by atoms with Crippen molar-refractivity contribution in [2.45, 2.75) is 38.6 Å². The van der Waals surface area contributed by atoms with Gasteiger partial charge in [0.1, 0.15) is 0 Å². The van der Waals surface area contributed by atoms with Crippen molar-refractivity contribution < 1.29 is 4.79 Å². The monoisotopic (exact) mass is 268 g/mol. The van der Waals surface area contributed by atoms with Crippen LogP contribution in [0.1, 0.15) is 43.0 Å². The molecule has 0 radical (unpaired) electrons. The Morgan fingerprint density at radius 1 is 1.35 bits per heavy atom. The zero-order valence-corrected chi connectivity index (χ0v) is 11.9.